The van der Waals surface area contributed by atoms with Crippen molar-refractivity contribution in [2.45, 2.75) is 68.6 Å². The molecule has 14 rings (SSSR count). The predicted molar refractivity (Wildman–Crippen MR) is 301 cm³/mol. The lowest BCUT2D eigenvalue weighted by atomic mass is 9.63. The van der Waals surface area contributed by atoms with Crippen LogP contribution in [0.25, 0.3) is 39.0 Å². The van der Waals surface area contributed by atoms with Gasteiger partial charge in [0.2, 0.25) is 0 Å². The number of anilines is 3. The molecule has 2 unspecified atom stereocenters. The second-order valence-corrected chi connectivity index (χ2v) is 21.2. The fourth-order valence-electron chi connectivity index (χ4n) is 14.1. The van der Waals surface area contributed by atoms with Crippen LogP contribution in [-0.4, -0.2) is 0 Å². The molecule has 0 spiro atoms. The van der Waals surface area contributed by atoms with Gasteiger partial charge in [-0.05, 0) is 164 Å². The Morgan fingerprint density at radius 2 is 1.08 bits per heavy atom. The Balaban J connectivity index is 1.01. The molecule has 0 amide bonds. The number of fused-ring (bicyclic) bond motifs is 8. The van der Waals surface area contributed by atoms with Gasteiger partial charge in [-0.3, -0.25) is 0 Å². The van der Waals surface area contributed by atoms with Crippen LogP contribution in [0.4, 0.5) is 17.1 Å². The summed E-state index contributed by atoms with van der Waals surface area (Å²) in [6.45, 7) is 4.75. The minimum absolute atomic E-state index is 0.0720. The highest BCUT2D eigenvalue weighted by atomic mass is 15.1. The van der Waals surface area contributed by atoms with Crippen molar-refractivity contribution in [2.24, 2.45) is 0 Å². The molecular formula is C71H57N. The van der Waals surface area contributed by atoms with Crippen molar-refractivity contribution in [3.63, 3.8) is 0 Å². The van der Waals surface area contributed by atoms with Crippen molar-refractivity contribution < 1.29 is 0 Å². The number of rotatable bonds is 8. The molecule has 0 heterocycles. The Kier molecular flexibility index (Phi) is 9.84. The van der Waals surface area contributed by atoms with E-state index < -0.39 is 5.41 Å². The molecule has 0 aromatic heterocycles. The van der Waals surface area contributed by atoms with Crippen molar-refractivity contribution in [3.8, 4) is 33.4 Å². The Hall–Kier alpha value is -8.00. The molecule has 0 bridgehead atoms. The van der Waals surface area contributed by atoms with Crippen LogP contribution >= 0.6 is 0 Å². The lowest BCUT2D eigenvalue weighted by Gasteiger charge is -2.39. The summed E-state index contributed by atoms with van der Waals surface area (Å²) in [5.41, 5.74) is 26.9. The van der Waals surface area contributed by atoms with Gasteiger partial charge in [-0.15, -0.1) is 0 Å². The summed E-state index contributed by atoms with van der Waals surface area (Å²) >= 11 is 0. The maximum Gasteiger partial charge on any atom is 0.0711 e. The van der Waals surface area contributed by atoms with Gasteiger partial charge in [0.15, 0.2) is 0 Å². The third kappa shape index (κ3) is 6.07. The molecule has 1 nitrogen and oxygen atoms in total. The zero-order chi connectivity index (χ0) is 48.0. The van der Waals surface area contributed by atoms with Crippen LogP contribution in [0.3, 0.4) is 0 Å². The maximum atomic E-state index is 2.59. The van der Waals surface area contributed by atoms with Crippen LogP contribution in [0.15, 0.2) is 253 Å². The minimum Gasteiger partial charge on any atom is -0.310 e. The molecule has 6 aliphatic carbocycles. The molecule has 0 N–H and O–H groups in total. The second-order valence-electron chi connectivity index (χ2n) is 21.2. The van der Waals surface area contributed by atoms with Gasteiger partial charge in [-0.25, -0.2) is 0 Å². The van der Waals surface area contributed by atoms with E-state index in [9.17, 15) is 0 Å². The van der Waals surface area contributed by atoms with Crippen LogP contribution in [0.2, 0.25) is 0 Å². The van der Waals surface area contributed by atoms with E-state index in [1.807, 2.05) is 0 Å². The summed E-state index contributed by atoms with van der Waals surface area (Å²) in [5.74, 6) is 0. The van der Waals surface area contributed by atoms with E-state index in [2.05, 4.69) is 255 Å². The second kappa shape index (κ2) is 16.5. The van der Waals surface area contributed by atoms with E-state index in [4.69, 9.17) is 0 Å². The molecule has 72 heavy (non-hydrogen) atoms. The normalized spacial score (nSPS) is 20.5. The molecule has 0 saturated heterocycles. The summed E-state index contributed by atoms with van der Waals surface area (Å²) < 4.78 is 0. The van der Waals surface area contributed by atoms with Crippen molar-refractivity contribution >= 4 is 22.6 Å². The number of benzene rings is 8. The van der Waals surface area contributed by atoms with Crippen molar-refractivity contribution in [1.82, 2.24) is 0 Å². The van der Waals surface area contributed by atoms with Gasteiger partial charge in [0.1, 0.15) is 0 Å². The highest BCUT2D eigenvalue weighted by Crippen LogP contribution is 2.63. The summed E-state index contributed by atoms with van der Waals surface area (Å²) in [6.07, 6.45) is 25.4. The first-order chi connectivity index (χ1) is 35.5. The highest BCUT2D eigenvalue weighted by Gasteiger charge is 2.50. The molecule has 8 aromatic carbocycles. The van der Waals surface area contributed by atoms with E-state index in [1.165, 1.54) is 106 Å². The van der Waals surface area contributed by atoms with E-state index in [-0.39, 0.29) is 10.8 Å². The smallest absolute Gasteiger partial charge is 0.0711 e. The monoisotopic (exact) mass is 923 g/mol. The Labute approximate surface area is 425 Å². The van der Waals surface area contributed by atoms with Crippen LogP contribution in [-0.2, 0) is 16.2 Å². The summed E-state index contributed by atoms with van der Waals surface area (Å²) in [7, 11) is 0. The zero-order valence-corrected chi connectivity index (χ0v) is 41.2. The first-order valence-corrected chi connectivity index (χ1v) is 26.3. The number of nitrogens with zero attached hydrogens (tertiary/aromatic N) is 1. The molecule has 0 saturated carbocycles. The lowest BCUT2D eigenvalue weighted by Crippen LogP contribution is -2.32. The van der Waals surface area contributed by atoms with Gasteiger partial charge >= 0.3 is 0 Å². The summed E-state index contributed by atoms with van der Waals surface area (Å²) in [5, 5.41) is 0. The first kappa shape index (κ1) is 42.8. The van der Waals surface area contributed by atoms with Crippen LogP contribution < -0.4 is 4.90 Å². The van der Waals surface area contributed by atoms with E-state index in [0.29, 0.717) is 0 Å². The molecule has 346 valence electrons. The first-order valence-electron chi connectivity index (χ1n) is 26.3. The molecule has 2 atom stereocenters. The topological polar surface area (TPSA) is 3.24 Å². The summed E-state index contributed by atoms with van der Waals surface area (Å²) in [6, 6.07) is 72.0. The molecule has 0 aliphatic heterocycles. The van der Waals surface area contributed by atoms with Gasteiger partial charge in [0.05, 0.1) is 16.5 Å². The molecule has 0 fully saturated rings. The summed E-state index contributed by atoms with van der Waals surface area (Å²) in [4.78, 5) is 2.59. The fourth-order valence-corrected chi connectivity index (χ4v) is 14.1. The van der Waals surface area contributed by atoms with Crippen molar-refractivity contribution in [3.05, 3.63) is 298 Å². The average Bonchev–Trinajstić information content (AvgIpc) is 4.01. The molecule has 1 heteroatoms. The largest absolute Gasteiger partial charge is 0.310 e. The predicted octanol–water partition coefficient (Wildman–Crippen LogP) is 18.4. The van der Waals surface area contributed by atoms with Gasteiger partial charge in [0, 0.05) is 22.4 Å². The van der Waals surface area contributed by atoms with Gasteiger partial charge in [0.25, 0.3) is 0 Å². The van der Waals surface area contributed by atoms with Crippen LogP contribution in [0, 0.1) is 0 Å². The van der Waals surface area contributed by atoms with Crippen LogP contribution in [0.5, 0.6) is 0 Å². The average molecular weight is 924 g/mol. The van der Waals surface area contributed by atoms with Crippen molar-refractivity contribution in [1.29, 1.82) is 0 Å². The SMILES string of the molecule is CC1(C)c2ccccc2-c2ccc(-c3ccc(N(c4ccc5c(c4)C(C4=CC=CCC4)(c4ccccc4)C4=C5C=CCC4)c4cccc5c4-c4ccccc4C5(C4=CCCC=C4)c4ccccc4)cc3)cc21. The Morgan fingerprint density at radius 1 is 0.431 bits per heavy atom. The van der Waals surface area contributed by atoms with Crippen molar-refractivity contribution in [2.75, 3.05) is 4.90 Å². The van der Waals surface area contributed by atoms with Gasteiger partial charge < -0.3 is 4.90 Å². The van der Waals surface area contributed by atoms with Crippen LogP contribution in [0.1, 0.15) is 96.9 Å². The van der Waals surface area contributed by atoms with Gasteiger partial charge in [-0.2, -0.15) is 0 Å². The maximum absolute atomic E-state index is 2.59. The third-order valence-corrected chi connectivity index (χ3v) is 17.2. The molecular weight excluding hydrogens is 867 g/mol. The van der Waals surface area contributed by atoms with Gasteiger partial charge in [-0.1, -0.05) is 220 Å². The standard InChI is InChI=1S/C71H57N/c1-69(2)61-33-18-15-30-56(61)58-44-40-49(46-65(58)69)48-38-41-54(42-39-48)72(55-43-45-59-57-31-16-19-34-62(57)71(66(59)47-55,52-26-11-5-12-27-52)53-28-13-6-14-29-53)67-37-21-36-64-68(67)60-32-17-20-35-63(60)70(64,50-22-7-3-8-23-50)51-24-9-4-10-25-51/h3,5-9,11-13,15-18,20-28,30-33,35-47H,4,10,14,19,29,34H2,1-2H3. The molecule has 0 radical (unpaired) electrons. The fraction of sp³-hybridized carbons (Fsp3) is 0.155. The number of hydrogen-bond donors (Lipinski definition) is 0. The Morgan fingerprint density at radius 3 is 1.85 bits per heavy atom. The third-order valence-electron chi connectivity index (χ3n) is 17.2. The Bertz CT molecular complexity index is 3700. The minimum atomic E-state index is -0.479. The zero-order valence-electron chi connectivity index (χ0n) is 41.2. The number of hydrogen-bond acceptors (Lipinski definition) is 1. The lowest BCUT2D eigenvalue weighted by molar-refractivity contribution is 0.644. The number of allylic oxidation sites excluding steroid dienone is 12. The molecule has 6 aliphatic rings. The quantitative estimate of drug-likeness (QED) is 0.147. The molecule has 8 aromatic rings. The highest BCUT2D eigenvalue weighted by molar-refractivity contribution is 5.99. The van der Waals surface area contributed by atoms with E-state index >= 15 is 0 Å². The van der Waals surface area contributed by atoms with E-state index in [0.717, 1.165) is 49.9 Å². The van der Waals surface area contributed by atoms with E-state index in [1.54, 1.807) is 0 Å².